The summed E-state index contributed by atoms with van der Waals surface area (Å²) in [5.74, 6) is 1.00. The number of likely N-dealkylation sites (tertiary alicyclic amines) is 1. The monoisotopic (exact) mass is 241 g/mol. The van der Waals surface area contributed by atoms with Gasteiger partial charge in [-0.25, -0.2) is 4.39 Å². The lowest BCUT2D eigenvalue weighted by molar-refractivity contribution is 0.152. The number of thioether (sulfide) groups is 1. The average molecular weight is 241 g/mol. The Morgan fingerprint density at radius 1 is 1.38 bits per heavy atom. The van der Waals surface area contributed by atoms with Gasteiger partial charge in [-0.2, -0.15) is 0 Å². The van der Waals surface area contributed by atoms with Gasteiger partial charge in [0.2, 0.25) is 0 Å². The summed E-state index contributed by atoms with van der Waals surface area (Å²) in [7, 11) is 2.02. The normalized spacial score (nSPS) is 26.2. The maximum Gasteiger partial charge on any atom is 0.123 e. The molecule has 4 heteroatoms. The molecule has 1 fully saturated rings. The molecule has 0 spiro atoms. The van der Waals surface area contributed by atoms with Gasteiger partial charge in [0.25, 0.3) is 0 Å². The van der Waals surface area contributed by atoms with E-state index >= 15 is 0 Å². The zero-order chi connectivity index (χ0) is 11.5. The van der Waals surface area contributed by atoms with Gasteiger partial charge < -0.3 is 10.0 Å². The van der Waals surface area contributed by atoms with Crippen molar-refractivity contribution in [3.05, 3.63) is 30.1 Å². The second-order valence-electron chi connectivity index (χ2n) is 4.31. The number of hydrogen-bond acceptors (Lipinski definition) is 3. The first-order chi connectivity index (χ1) is 7.65. The number of likely N-dealkylation sites (N-methyl/N-ethyl adjacent to an activating group) is 1. The van der Waals surface area contributed by atoms with Crippen LogP contribution in [0.5, 0.6) is 0 Å². The minimum Gasteiger partial charge on any atom is -0.391 e. The van der Waals surface area contributed by atoms with E-state index in [0.29, 0.717) is 5.92 Å². The molecule has 16 heavy (non-hydrogen) atoms. The van der Waals surface area contributed by atoms with Crippen LogP contribution < -0.4 is 0 Å². The van der Waals surface area contributed by atoms with Gasteiger partial charge in [0.1, 0.15) is 5.82 Å². The fourth-order valence-electron chi connectivity index (χ4n) is 1.96. The number of hydrogen-bond donors (Lipinski definition) is 1. The van der Waals surface area contributed by atoms with Gasteiger partial charge in [-0.1, -0.05) is 0 Å². The molecule has 0 radical (unpaired) electrons. The van der Waals surface area contributed by atoms with E-state index in [2.05, 4.69) is 4.90 Å². The Balaban J connectivity index is 1.85. The maximum absolute atomic E-state index is 12.7. The first-order valence-corrected chi connectivity index (χ1v) is 6.38. The Hall–Kier alpha value is -0.580. The Labute approximate surface area is 99.5 Å². The van der Waals surface area contributed by atoms with Crippen LogP contribution in [0.25, 0.3) is 0 Å². The van der Waals surface area contributed by atoms with Crippen LogP contribution in [0, 0.1) is 11.7 Å². The van der Waals surface area contributed by atoms with E-state index in [4.69, 9.17) is 0 Å². The quantitative estimate of drug-likeness (QED) is 0.817. The molecule has 0 saturated carbocycles. The molecular formula is C12H16FNOS. The highest BCUT2D eigenvalue weighted by molar-refractivity contribution is 7.99. The summed E-state index contributed by atoms with van der Waals surface area (Å²) < 4.78 is 12.7. The van der Waals surface area contributed by atoms with Crippen LogP contribution in [0.4, 0.5) is 4.39 Å². The molecule has 0 bridgehead atoms. The number of nitrogens with zero attached hydrogens (tertiary/aromatic N) is 1. The highest BCUT2D eigenvalue weighted by Gasteiger charge is 2.28. The van der Waals surface area contributed by atoms with Gasteiger partial charge in [0.05, 0.1) is 6.10 Å². The number of aliphatic hydroxyl groups excluding tert-OH is 1. The van der Waals surface area contributed by atoms with Gasteiger partial charge in [-0.3, -0.25) is 0 Å². The minimum atomic E-state index is -0.224. The van der Waals surface area contributed by atoms with Crippen molar-refractivity contribution in [1.29, 1.82) is 0 Å². The second-order valence-corrected chi connectivity index (χ2v) is 5.41. The zero-order valence-electron chi connectivity index (χ0n) is 9.27. The van der Waals surface area contributed by atoms with Crippen LogP contribution in [0.3, 0.4) is 0 Å². The molecule has 1 aliphatic heterocycles. The first kappa shape index (κ1) is 11.9. The number of benzene rings is 1. The molecule has 88 valence electrons. The first-order valence-electron chi connectivity index (χ1n) is 5.40. The van der Waals surface area contributed by atoms with E-state index in [0.717, 1.165) is 23.7 Å². The summed E-state index contributed by atoms with van der Waals surface area (Å²) in [5, 5.41) is 9.77. The molecule has 1 heterocycles. The molecule has 1 aromatic rings. The van der Waals surface area contributed by atoms with Crippen LogP contribution in [0.2, 0.25) is 0 Å². The molecule has 2 nitrogen and oxygen atoms in total. The van der Waals surface area contributed by atoms with Crippen LogP contribution in [-0.4, -0.2) is 42.0 Å². The summed E-state index contributed by atoms with van der Waals surface area (Å²) >= 11 is 1.68. The smallest absolute Gasteiger partial charge is 0.123 e. The Morgan fingerprint density at radius 2 is 2.06 bits per heavy atom. The standard InChI is InChI=1S/C12H16FNOS/c1-14-6-9(12(15)7-14)8-16-11-4-2-10(13)3-5-11/h2-5,9,12,15H,6-8H2,1H3/t9-,12+/m0/s1. The Bertz CT molecular complexity index is 343. The van der Waals surface area contributed by atoms with E-state index < -0.39 is 0 Å². The van der Waals surface area contributed by atoms with Crippen LogP contribution in [0.1, 0.15) is 0 Å². The molecule has 1 saturated heterocycles. The van der Waals surface area contributed by atoms with Crippen molar-refractivity contribution >= 4 is 11.8 Å². The largest absolute Gasteiger partial charge is 0.391 e. The predicted octanol–water partition coefficient (Wildman–Crippen LogP) is 1.84. The maximum atomic E-state index is 12.7. The van der Waals surface area contributed by atoms with Gasteiger partial charge in [0.15, 0.2) is 0 Å². The Kier molecular flexibility index (Phi) is 3.84. The van der Waals surface area contributed by atoms with E-state index in [1.54, 1.807) is 23.9 Å². The summed E-state index contributed by atoms with van der Waals surface area (Å²) in [6.07, 6.45) is -0.224. The van der Waals surface area contributed by atoms with E-state index in [1.165, 1.54) is 12.1 Å². The molecular weight excluding hydrogens is 225 g/mol. The number of halogens is 1. The molecule has 1 aromatic carbocycles. The van der Waals surface area contributed by atoms with Crippen molar-refractivity contribution in [2.75, 3.05) is 25.9 Å². The van der Waals surface area contributed by atoms with Crippen LogP contribution >= 0.6 is 11.8 Å². The Morgan fingerprint density at radius 3 is 2.62 bits per heavy atom. The van der Waals surface area contributed by atoms with E-state index in [1.807, 2.05) is 7.05 Å². The molecule has 1 aliphatic rings. The molecule has 0 amide bonds. The second kappa shape index (κ2) is 5.17. The fraction of sp³-hybridized carbons (Fsp3) is 0.500. The average Bonchev–Trinajstić information content (AvgIpc) is 2.57. The molecule has 1 N–H and O–H groups in total. The fourth-order valence-corrected chi connectivity index (χ4v) is 3.03. The number of rotatable bonds is 3. The summed E-state index contributed by atoms with van der Waals surface area (Å²) in [4.78, 5) is 3.20. The summed E-state index contributed by atoms with van der Waals surface area (Å²) in [6.45, 7) is 1.70. The van der Waals surface area contributed by atoms with Gasteiger partial charge in [0, 0.05) is 29.7 Å². The molecule has 0 aliphatic carbocycles. The summed E-state index contributed by atoms with van der Waals surface area (Å²) in [5.41, 5.74) is 0. The molecule has 2 rings (SSSR count). The molecule has 0 aromatic heterocycles. The molecule has 2 atom stereocenters. The zero-order valence-corrected chi connectivity index (χ0v) is 10.1. The van der Waals surface area contributed by atoms with Gasteiger partial charge in [-0.15, -0.1) is 11.8 Å². The lowest BCUT2D eigenvalue weighted by atomic mass is 10.1. The van der Waals surface area contributed by atoms with Crippen molar-refractivity contribution in [1.82, 2.24) is 4.90 Å². The number of β-amino-alcohol motifs (C(OH)–C–C–N with tert-alkyl or cyclic N) is 1. The molecule has 0 unspecified atom stereocenters. The topological polar surface area (TPSA) is 23.5 Å². The SMILES string of the molecule is CN1C[C@@H](CSc2ccc(F)cc2)[C@H](O)C1. The highest BCUT2D eigenvalue weighted by atomic mass is 32.2. The third kappa shape index (κ3) is 2.97. The van der Waals surface area contributed by atoms with Gasteiger partial charge >= 0.3 is 0 Å². The highest BCUT2D eigenvalue weighted by Crippen LogP contribution is 2.25. The van der Waals surface area contributed by atoms with Crippen molar-refractivity contribution in [2.24, 2.45) is 5.92 Å². The summed E-state index contributed by atoms with van der Waals surface area (Å²) in [6, 6.07) is 6.51. The van der Waals surface area contributed by atoms with Crippen LogP contribution in [0.15, 0.2) is 29.2 Å². The number of aliphatic hydroxyl groups is 1. The lowest BCUT2D eigenvalue weighted by Crippen LogP contribution is -2.19. The predicted molar refractivity (Wildman–Crippen MR) is 64.1 cm³/mol. The third-order valence-electron chi connectivity index (χ3n) is 2.87. The van der Waals surface area contributed by atoms with Crippen molar-refractivity contribution < 1.29 is 9.50 Å². The third-order valence-corrected chi connectivity index (χ3v) is 4.07. The van der Waals surface area contributed by atoms with Gasteiger partial charge in [-0.05, 0) is 31.3 Å². The van der Waals surface area contributed by atoms with Crippen LogP contribution in [-0.2, 0) is 0 Å². The van der Waals surface area contributed by atoms with E-state index in [9.17, 15) is 9.50 Å². The minimum absolute atomic E-state index is 0.204. The van der Waals surface area contributed by atoms with Crippen molar-refractivity contribution in [3.8, 4) is 0 Å². The van der Waals surface area contributed by atoms with Crippen molar-refractivity contribution in [3.63, 3.8) is 0 Å². The van der Waals surface area contributed by atoms with E-state index in [-0.39, 0.29) is 11.9 Å². The lowest BCUT2D eigenvalue weighted by Gasteiger charge is -2.12. The van der Waals surface area contributed by atoms with Crippen molar-refractivity contribution in [2.45, 2.75) is 11.0 Å².